The van der Waals surface area contributed by atoms with Gasteiger partial charge in [-0.25, -0.2) is 0 Å². The first-order valence-corrected chi connectivity index (χ1v) is 5.84. The van der Waals surface area contributed by atoms with E-state index in [0.717, 1.165) is 5.56 Å². The molecule has 0 aromatic heterocycles. The lowest BCUT2D eigenvalue weighted by Crippen LogP contribution is -2.35. The lowest BCUT2D eigenvalue weighted by Gasteiger charge is -2.09. The van der Waals surface area contributed by atoms with E-state index in [-0.39, 0.29) is 18.2 Å². The van der Waals surface area contributed by atoms with Gasteiger partial charge in [-0.2, -0.15) is 0 Å². The molecule has 4 heteroatoms. The molecule has 0 fully saturated rings. The molecular weight excluding hydrogens is 216 g/mol. The van der Waals surface area contributed by atoms with E-state index in [2.05, 4.69) is 24.5 Å². The summed E-state index contributed by atoms with van der Waals surface area (Å²) >= 11 is 0. The monoisotopic (exact) mass is 236 g/mol. The molecule has 4 nitrogen and oxygen atoms in total. The SMILES string of the molecule is CC(C)CNC(=O)CNCc1ccccc1O. The second kappa shape index (κ2) is 6.91. The normalized spacial score (nSPS) is 10.5. The van der Waals surface area contributed by atoms with Crippen LogP contribution in [0.1, 0.15) is 19.4 Å². The van der Waals surface area contributed by atoms with Crippen LogP contribution in [0, 0.1) is 5.92 Å². The van der Waals surface area contributed by atoms with Crippen LogP contribution in [0.25, 0.3) is 0 Å². The molecule has 17 heavy (non-hydrogen) atoms. The van der Waals surface area contributed by atoms with Crippen molar-refractivity contribution in [2.24, 2.45) is 5.92 Å². The van der Waals surface area contributed by atoms with Gasteiger partial charge in [0.15, 0.2) is 0 Å². The fourth-order valence-corrected chi connectivity index (χ4v) is 1.35. The zero-order valence-corrected chi connectivity index (χ0v) is 10.4. The highest BCUT2D eigenvalue weighted by molar-refractivity contribution is 5.77. The zero-order valence-electron chi connectivity index (χ0n) is 10.4. The van der Waals surface area contributed by atoms with Gasteiger partial charge in [-0.15, -0.1) is 0 Å². The summed E-state index contributed by atoms with van der Waals surface area (Å²) in [5.41, 5.74) is 0.796. The van der Waals surface area contributed by atoms with Crippen molar-refractivity contribution < 1.29 is 9.90 Å². The topological polar surface area (TPSA) is 61.4 Å². The Balaban J connectivity index is 2.24. The Morgan fingerprint density at radius 3 is 2.71 bits per heavy atom. The van der Waals surface area contributed by atoms with Crippen LogP contribution in [-0.2, 0) is 11.3 Å². The minimum absolute atomic E-state index is 0.0193. The molecule has 1 rings (SSSR count). The zero-order chi connectivity index (χ0) is 12.7. The summed E-state index contributed by atoms with van der Waals surface area (Å²) in [6.45, 7) is 5.55. The second-order valence-electron chi connectivity index (χ2n) is 4.43. The molecule has 0 saturated heterocycles. The van der Waals surface area contributed by atoms with Crippen molar-refractivity contribution in [3.8, 4) is 5.75 Å². The summed E-state index contributed by atoms with van der Waals surface area (Å²) in [5, 5.41) is 15.3. The summed E-state index contributed by atoms with van der Waals surface area (Å²) in [4.78, 5) is 11.4. The Morgan fingerprint density at radius 2 is 2.06 bits per heavy atom. The third kappa shape index (κ3) is 5.36. The van der Waals surface area contributed by atoms with Gasteiger partial charge in [-0.05, 0) is 12.0 Å². The number of para-hydroxylation sites is 1. The molecule has 3 N–H and O–H groups in total. The predicted octanol–water partition coefficient (Wildman–Crippen LogP) is 1.25. The lowest BCUT2D eigenvalue weighted by molar-refractivity contribution is -0.120. The van der Waals surface area contributed by atoms with Crippen molar-refractivity contribution in [1.82, 2.24) is 10.6 Å². The molecule has 0 heterocycles. The predicted molar refractivity (Wildman–Crippen MR) is 67.7 cm³/mol. The van der Waals surface area contributed by atoms with Crippen molar-refractivity contribution in [2.45, 2.75) is 20.4 Å². The van der Waals surface area contributed by atoms with Crippen LogP contribution in [0.2, 0.25) is 0 Å². The van der Waals surface area contributed by atoms with Crippen LogP contribution in [0.5, 0.6) is 5.75 Å². The summed E-state index contributed by atoms with van der Waals surface area (Å²) in [6.07, 6.45) is 0. The van der Waals surface area contributed by atoms with Gasteiger partial charge in [0.1, 0.15) is 5.75 Å². The molecule has 0 aliphatic rings. The fraction of sp³-hybridized carbons (Fsp3) is 0.462. The first-order valence-electron chi connectivity index (χ1n) is 5.84. The number of benzene rings is 1. The van der Waals surface area contributed by atoms with Gasteiger partial charge in [0.05, 0.1) is 6.54 Å². The van der Waals surface area contributed by atoms with Gasteiger partial charge in [0.2, 0.25) is 5.91 Å². The minimum atomic E-state index is -0.0193. The number of nitrogens with one attached hydrogen (secondary N) is 2. The van der Waals surface area contributed by atoms with Crippen LogP contribution in [0.15, 0.2) is 24.3 Å². The van der Waals surface area contributed by atoms with Crippen molar-refractivity contribution in [2.75, 3.05) is 13.1 Å². The van der Waals surface area contributed by atoms with Crippen LogP contribution < -0.4 is 10.6 Å². The van der Waals surface area contributed by atoms with Crippen molar-refractivity contribution >= 4 is 5.91 Å². The summed E-state index contributed by atoms with van der Waals surface area (Å²) in [6, 6.07) is 7.09. The Hall–Kier alpha value is -1.55. The smallest absolute Gasteiger partial charge is 0.233 e. The molecule has 0 aliphatic carbocycles. The van der Waals surface area contributed by atoms with Gasteiger partial charge in [0.25, 0.3) is 0 Å². The molecule has 0 aliphatic heterocycles. The fourth-order valence-electron chi connectivity index (χ4n) is 1.35. The van der Waals surface area contributed by atoms with Crippen LogP contribution in [0.4, 0.5) is 0 Å². The van der Waals surface area contributed by atoms with E-state index in [1.807, 2.05) is 12.1 Å². The Labute approximate surface area is 102 Å². The molecule has 0 unspecified atom stereocenters. The first-order chi connectivity index (χ1) is 8.09. The van der Waals surface area contributed by atoms with E-state index in [1.54, 1.807) is 12.1 Å². The van der Waals surface area contributed by atoms with Crippen molar-refractivity contribution in [3.63, 3.8) is 0 Å². The number of carbonyl (C=O) groups is 1. The first kappa shape index (κ1) is 13.5. The van der Waals surface area contributed by atoms with Crippen molar-refractivity contribution in [3.05, 3.63) is 29.8 Å². The molecule has 0 atom stereocenters. The van der Waals surface area contributed by atoms with Gasteiger partial charge in [-0.1, -0.05) is 32.0 Å². The van der Waals surface area contributed by atoms with Crippen molar-refractivity contribution in [1.29, 1.82) is 0 Å². The van der Waals surface area contributed by atoms with Gasteiger partial charge >= 0.3 is 0 Å². The maximum absolute atomic E-state index is 11.4. The lowest BCUT2D eigenvalue weighted by atomic mass is 10.2. The largest absolute Gasteiger partial charge is 0.508 e. The van der Waals surface area contributed by atoms with Crippen LogP contribution in [0.3, 0.4) is 0 Å². The molecule has 0 bridgehead atoms. The quantitative estimate of drug-likeness (QED) is 0.696. The molecule has 1 amide bonds. The Morgan fingerprint density at radius 1 is 1.35 bits per heavy atom. The van der Waals surface area contributed by atoms with Gasteiger partial charge in [-0.3, -0.25) is 4.79 Å². The third-order valence-electron chi connectivity index (χ3n) is 2.30. The number of phenols is 1. The summed E-state index contributed by atoms with van der Waals surface area (Å²) in [5.74, 6) is 0.689. The third-order valence-corrected chi connectivity index (χ3v) is 2.30. The minimum Gasteiger partial charge on any atom is -0.508 e. The molecule has 0 radical (unpaired) electrons. The average molecular weight is 236 g/mol. The van der Waals surface area contributed by atoms with E-state index >= 15 is 0 Å². The molecule has 94 valence electrons. The van der Waals surface area contributed by atoms with Crippen LogP contribution >= 0.6 is 0 Å². The second-order valence-corrected chi connectivity index (χ2v) is 4.43. The molecular formula is C13H20N2O2. The molecule has 1 aromatic carbocycles. The van der Waals surface area contributed by atoms with E-state index in [9.17, 15) is 9.90 Å². The van der Waals surface area contributed by atoms with E-state index in [4.69, 9.17) is 0 Å². The maximum Gasteiger partial charge on any atom is 0.233 e. The standard InChI is InChI=1S/C13H20N2O2/c1-10(2)7-15-13(17)9-14-8-11-5-3-4-6-12(11)16/h3-6,10,14,16H,7-9H2,1-2H3,(H,15,17). The number of hydrogen-bond donors (Lipinski definition) is 3. The number of phenolic OH excluding ortho intramolecular Hbond substituents is 1. The van der Waals surface area contributed by atoms with E-state index in [0.29, 0.717) is 19.0 Å². The number of carbonyl (C=O) groups excluding carboxylic acids is 1. The van der Waals surface area contributed by atoms with E-state index < -0.39 is 0 Å². The number of aromatic hydroxyl groups is 1. The Bertz CT molecular complexity index is 364. The highest BCUT2D eigenvalue weighted by atomic mass is 16.3. The summed E-state index contributed by atoms with van der Waals surface area (Å²) < 4.78 is 0. The van der Waals surface area contributed by atoms with Crippen LogP contribution in [-0.4, -0.2) is 24.1 Å². The number of amides is 1. The molecule has 0 saturated carbocycles. The van der Waals surface area contributed by atoms with E-state index in [1.165, 1.54) is 0 Å². The Kier molecular flexibility index (Phi) is 5.49. The number of rotatable bonds is 6. The average Bonchev–Trinajstić information content (AvgIpc) is 2.29. The molecule has 1 aromatic rings. The highest BCUT2D eigenvalue weighted by Crippen LogP contribution is 2.14. The van der Waals surface area contributed by atoms with Gasteiger partial charge < -0.3 is 15.7 Å². The maximum atomic E-state index is 11.4. The number of hydrogen-bond acceptors (Lipinski definition) is 3. The highest BCUT2D eigenvalue weighted by Gasteiger charge is 2.03. The van der Waals surface area contributed by atoms with Gasteiger partial charge in [0, 0.05) is 18.7 Å². The summed E-state index contributed by atoms with van der Waals surface area (Å²) in [7, 11) is 0. The molecule has 0 spiro atoms.